The fourth-order valence-electron chi connectivity index (χ4n) is 5.42. The van der Waals surface area contributed by atoms with E-state index < -0.39 is 65.8 Å². The van der Waals surface area contributed by atoms with E-state index in [9.17, 15) is 39.0 Å². The normalized spacial score (nSPS) is 18.6. The van der Waals surface area contributed by atoms with Gasteiger partial charge < -0.3 is 46.1 Å². The molecule has 0 spiro atoms. The zero-order valence-electron chi connectivity index (χ0n) is 27.9. The molecule has 254 valence electrons. The predicted molar refractivity (Wildman–Crippen MR) is 171 cm³/mol. The number of aryl methyl sites for hydroxylation is 1. The van der Waals surface area contributed by atoms with Crippen molar-refractivity contribution in [2.75, 3.05) is 26.4 Å². The second-order valence-corrected chi connectivity index (χ2v) is 12.4. The maximum absolute atomic E-state index is 13.9. The molecule has 0 radical (unpaired) electrons. The zero-order chi connectivity index (χ0) is 35.2. The van der Waals surface area contributed by atoms with Crippen molar-refractivity contribution in [2.45, 2.75) is 90.7 Å². The summed E-state index contributed by atoms with van der Waals surface area (Å²) in [6.45, 7) is 13.3. The van der Waals surface area contributed by atoms with Gasteiger partial charge in [0.25, 0.3) is 5.91 Å². The number of phenols is 1. The number of aldehydes is 1. The number of likely N-dealkylation sites (N-methyl/N-ethyl adjacent to an activating group) is 2. The number of carbonyl (C=O) groups excluding carboxylic acids is 6. The van der Waals surface area contributed by atoms with Gasteiger partial charge in [0, 0.05) is 20.1 Å². The minimum Gasteiger partial charge on any atom is -0.505 e. The second kappa shape index (κ2) is 15.7. The van der Waals surface area contributed by atoms with E-state index in [4.69, 9.17) is 5.73 Å². The quantitative estimate of drug-likeness (QED) is 0.0869. The van der Waals surface area contributed by atoms with Gasteiger partial charge in [-0.2, -0.15) is 0 Å². The molecule has 1 aromatic rings. The van der Waals surface area contributed by atoms with Crippen LogP contribution in [-0.2, 0) is 24.0 Å². The number of rotatable bonds is 13. The number of aliphatic hydroxyl groups is 1. The summed E-state index contributed by atoms with van der Waals surface area (Å²) in [7, 11) is 2.94. The lowest BCUT2D eigenvalue weighted by Crippen LogP contribution is -2.60. The highest BCUT2D eigenvalue weighted by molar-refractivity contribution is 6.03. The summed E-state index contributed by atoms with van der Waals surface area (Å²) < 4.78 is 0. The van der Waals surface area contributed by atoms with E-state index in [2.05, 4.69) is 17.2 Å². The Bertz CT molecular complexity index is 1360. The number of amides is 5. The summed E-state index contributed by atoms with van der Waals surface area (Å²) >= 11 is 0. The number of aromatic hydroxyl groups is 1. The summed E-state index contributed by atoms with van der Waals surface area (Å²) in [5, 5.41) is 25.5. The van der Waals surface area contributed by atoms with Crippen LogP contribution in [0.5, 0.6) is 5.75 Å². The molecule has 1 heterocycles. The van der Waals surface area contributed by atoms with Crippen molar-refractivity contribution < 1.29 is 39.0 Å². The SMILES string of the molecule is C=C(C)[C@@H](NC(=O)[C@@H](NC(=O)c1ccc(C)c(O)c1N)[C@@H](C)O)C(=O)N1C(C)CC[C@H]1C(=O)N(C)CC(=O)N(C)[C@H](C=O)C(C)C. The van der Waals surface area contributed by atoms with E-state index >= 15 is 0 Å². The van der Waals surface area contributed by atoms with E-state index in [-0.39, 0.29) is 35.0 Å². The number of aliphatic hydroxyl groups excluding tert-OH is 1. The molecular formula is C32H48N6O8. The number of nitrogens with one attached hydrogen (secondary N) is 2. The van der Waals surface area contributed by atoms with E-state index in [1.807, 2.05) is 0 Å². The number of nitrogens with two attached hydrogens (primary N) is 1. The molecule has 0 bridgehead atoms. The molecule has 1 saturated heterocycles. The van der Waals surface area contributed by atoms with E-state index in [1.54, 1.807) is 27.7 Å². The average Bonchev–Trinajstić information content (AvgIpc) is 3.37. The highest BCUT2D eigenvalue weighted by Crippen LogP contribution is 2.29. The Balaban J connectivity index is 2.24. The van der Waals surface area contributed by atoms with Crippen LogP contribution in [0.4, 0.5) is 5.69 Å². The van der Waals surface area contributed by atoms with Gasteiger partial charge in [0.1, 0.15) is 30.2 Å². The van der Waals surface area contributed by atoms with Crippen molar-refractivity contribution in [1.82, 2.24) is 25.3 Å². The molecule has 1 aliphatic rings. The second-order valence-electron chi connectivity index (χ2n) is 12.4. The Hall–Kier alpha value is -4.46. The van der Waals surface area contributed by atoms with Crippen LogP contribution in [0.25, 0.3) is 0 Å². The molecule has 5 amide bonds. The molecule has 14 nitrogen and oxygen atoms in total. The van der Waals surface area contributed by atoms with Crippen molar-refractivity contribution >= 4 is 41.5 Å². The number of hydrogen-bond acceptors (Lipinski definition) is 9. The van der Waals surface area contributed by atoms with E-state index in [0.717, 1.165) is 0 Å². The third-order valence-electron chi connectivity index (χ3n) is 8.36. The van der Waals surface area contributed by atoms with Crippen LogP contribution < -0.4 is 16.4 Å². The number of benzene rings is 1. The minimum atomic E-state index is -1.52. The first-order valence-electron chi connectivity index (χ1n) is 15.2. The fourth-order valence-corrected chi connectivity index (χ4v) is 5.42. The van der Waals surface area contributed by atoms with Crippen LogP contribution in [0.1, 0.15) is 63.4 Å². The van der Waals surface area contributed by atoms with Crippen molar-refractivity contribution in [1.29, 1.82) is 0 Å². The third-order valence-corrected chi connectivity index (χ3v) is 8.36. The number of anilines is 1. The molecule has 1 unspecified atom stereocenters. The summed E-state index contributed by atoms with van der Waals surface area (Å²) in [6, 6.07) is -1.96. The Morgan fingerprint density at radius 1 is 1.13 bits per heavy atom. The van der Waals surface area contributed by atoms with Crippen LogP contribution >= 0.6 is 0 Å². The lowest BCUT2D eigenvalue weighted by atomic mass is 10.0. The van der Waals surface area contributed by atoms with Crippen LogP contribution in [-0.4, -0.2) is 118 Å². The monoisotopic (exact) mass is 644 g/mol. The molecule has 14 heteroatoms. The maximum atomic E-state index is 13.9. The Kier molecular flexibility index (Phi) is 12.9. The van der Waals surface area contributed by atoms with Gasteiger partial charge in [0.05, 0.1) is 29.9 Å². The number of hydrogen-bond donors (Lipinski definition) is 5. The molecular weight excluding hydrogens is 596 g/mol. The summed E-state index contributed by atoms with van der Waals surface area (Å²) in [6.07, 6.45) is 0.0883. The molecule has 1 aromatic carbocycles. The number of likely N-dealkylation sites (tertiary alicyclic amines) is 1. The van der Waals surface area contributed by atoms with Gasteiger partial charge in [-0.1, -0.05) is 26.5 Å². The molecule has 46 heavy (non-hydrogen) atoms. The average molecular weight is 645 g/mol. The van der Waals surface area contributed by atoms with Crippen molar-refractivity contribution in [3.05, 3.63) is 35.4 Å². The maximum Gasteiger partial charge on any atom is 0.254 e. The number of nitrogens with zero attached hydrogens (tertiary/aromatic N) is 3. The lowest BCUT2D eigenvalue weighted by molar-refractivity contribution is -0.148. The van der Waals surface area contributed by atoms with Crippen LogP contribution in [0.15, 0.2) is 24.3 Å². The highest BCUT2D eigenvalue weighted by Gasteiger charge is 2.43. The molecule has 0 saturated carbocycles. The standard InChI is InChI=1S/C32H48N6O8/c1-16(2)23(15-39)37(9)24(41)14-36(8)31(45)22-13-11-19(6)38(22)32(46)26(17(3)4)34-30(44)27(20(7)40)35-29(43)21-12-10-18(5)28(42)25(21)33/h10,12,15-16,19-20,22-23,26-27,40,42H,3,11,13-14,33H2,1-2,4-9H3,(H,34,44)(H,35,43)/t19?,20-,22+,23-,26-,27+/m1/s1. The molecule has 2 rings (SSSR count). The van der Waals surface area contributed by atoms with Crippen molar-refractivity contribution in [3.63, 3.8) is 0 Å². The Morgan fingerprint density at radius 2 is 1.74 bits per heavy atom. The van der Waals surface area contributed by atoms with Crippen LogP contribution in [0.3, 0.4) is 0 Å². The largest absolute Gasteiger partial charge is 0.505 e. The molecule has 6 atom stereocenters. The Labute approximate surface area is 270 Å². The van der Waals surface area contributed by atoms with Gasteiger partial charge in [-0.15, -0.1) is 0 Å². The topological polar surface area (TPSA) is 203 Å². The first-order chi connectivity index (χ1) is 21.3. The van der Waals surface area contributed by atoms with Gasteiger partial charge >= 0.3 is 0 Å². The predicted octanol–water partition coefficient (Wildman–Crippen LogP) is 0.343. The van der Waals surface area contributed by atoms with Gasteiger partial charge in [0.15, 0.2) is 0 Å². The minimum absolute atomic E-state index is 0.110. The first-order valence-corrected chi connectivity index (χ1v) is 15.2. The highest BCUT2D eigenvalue weighted by atomic mass is 16.3. The smallest absolute Gasteiger partial charge is 0.254 e. The van der Waals surface area contributed by atoms with Crippen molar-refractivity contribution in [2.24, 2.45) is 5.92 Å². The summed E-state index contributed by atoms with van der Waals surface area (Å²) in [5.74, 6) is -3.67. The van der Waals surface area contributed by atoms with Gasteiger partial charge in [-0.05, 0) is 63.7 Å². The number of nitrogen functional groups attached to an aromatic ring is 1. The third kappa shape index (κ3) is 8.42. The van der Waals surface area contributed by atoms with Crippen LogP contribution in [0, 0.1) is 12.8 Å². The molecule has 1 fully saturated rings. The Morgan fingerprint density at radius 3 is 2.26 bits per heavy atom. The van der Waals surface area contributed by atoms with Gasteiger partial charge in [0.2, 0.25) is 23.6 Å². The zero-order valence-corrected chi connectivity index (χ0v) is 27.9. The van der Waals surface area contributed by atoms with Crippen LogP contribution in [0.2, 0.25) is 0 Å². The van der Waals surface area contributed by atoms with E-state index in [0.29, 0.717) is 24.7 Å². The number of phenolic OH excluding ortho intramolecular Hbond substituents is 1. The molecule has 1 aliphatic heterocycles. The summed E-state index contributed by atoms with van der Waals surface area (Å²) in [5.41, 5.74) is 6.26. The van der Waals surface area contributed by atoms with Crippen molar-refractivity contribution in [3.8, 4) is 5.75 Å². The van der Waals surface area contributed by atoms with E-state index in [1.165, 1.54) is 54.8 Å². The lowest BCUT2D eigenvalue weighted by Gasteiger charge is -2.35. The van der Waals surface area contributed by atoms with Gasteiger partial charge in [-0.3, -0.25) is 24.0 Å². The first kappa shape index (κ1) is 37.7. The fraction of sp³-hybridized carbons (Fsp3) is 0.562. The molecule has 0 aromatic heterocycles. The van der Waals surface area contributed by atoms with Gasteiger partial charge in [-0.25, -0.2) is 0 Å². The summed E-state index contributed by atoms with van der Waals surface area (Å²) in [4.78, 5) is 82.1. The molecule has 6 N–H and O–H groups in total. The number of carbonyl (C=O) groups is 6. The molecule has 0 aliphatic carbocycles.